The Morgan fingerprint density at radius 2 is 2.29 bits per heavy atom. The van der Waals surface area contributed by atoms with Gasteiger partial charge in [-0.2, -0.15) is 0 Å². The fourth-order valence-electron chi connectivity index (χ4n) is 2.59. The Labute approximate surface area is 103 Å². The van der Waals surface area contributed by atoms with E-state index in [-0.39, 0.29) is 6.04 Å². The first kappa shape index (κ1) is 12.6. The lowest BCUT2D eigenvalue weighted by Gasteiger charge is -2.27. The zero-order valence-corrected chi connectivity index (χ0v) is 11.0. The van der Waals surface area contributed by atoms with Crippen LogP contribution in [-0.4, -0.2) is 28.5 Å². The molecule has 2 unspecified atom stereocenters. The van der Waals surface area contributed by atoms with E-state index < -0.39 is 0 Å². The van der Waals surface area contributed by atoms with E-state index in [1.54, 1.807) is 6.20 Å². The summed E-state index contributed by atoms with van der Waals surface area (Å²) in [7, 11) is 0. The predicted octanol–water partition coefficient (Wildman–Crippen LogP) is 2.11. The van der Waals surface area contributed by atoms with Gasteiger partial charge >= 0.3 is 0 Å². The van der Waals surface area contributed by atoms with Gasteiger partial charge in [0, 0.05) is 18.5 Å². The molecule has 0 amide bonds. The topological polar surface area (TPSA) is 55.3 Å². The highest BCUT2D eigenvalue weighted by molar-refractivity contribution is 5.00. The van der Waals surface area contributed by atoms with Crippen LogP contribution in [0.2, 0.25) is 0 Å². The Hall–Kier alpha value is -0.870. The van der Waals surface area contributed by atoms with Crippen LogP contribution in [-0.2, 0) is 6.42 Å². The normalized spacial score (nSPS) is 23.5. The largest absolute Gasteiger partial charge is 0.444 e. The fraction of sp³-hybridized carbons (Fsp3) is 0.769. The van der Waals surface area contributed by atoms with E-state index in [4.69, 9.17) is 10.2 Å². The second-order valence-corrected chi connectivity index (χ2v) is 5.28. The lowest BCUT2D eigenvalue weighted by Crippen LogP contribution is -2.36. The van der Waals surface area contributed by atoms with E-state index in [9.17, 15) is 0 Å². The molecule has 0 spiro atoms. The molecule has 1 aromatic heterocycles. The van der Waals surface area contributed by atoms with Crippen molar-refractivity contribution in [3.05, 3.63) is 17.8 Å². The van der Waals surface area contributed by atoms with Crippen LogP contribution in [0.3, 0.4) is 0 Å². The maximum atomic E-state index is 5.77. The van der Waals surface area contributed by atoms with E-state index in [0.29, 0.717) is 12.1 Å². The summed E-state index contributed by atoms with van der Waals surface area (Å²) >= 11 is 0. The standard InChI is InChI=1S/C13H23N3O/c1-9(2)16-6-4-5-11(16)7-13-15-8-12(17-13)10(3)14/h8-11H,4-7,14H2,1-3H3. The summed E-state index contributed by atoms with van der Waals surface area (Å²) < 4.78 is 5.67. The molecule has 4 nitrogen and oxygen atoms in total. The van der Waals surface area contributed by atoms with Crippen molar-refractivity contribution < 1.29 is 4.42 Å². The summed E-state index contributed by atoms with van der Waals surface area (Å²) in [6.07, 6.45) is 5.19. The third-order valence-corrected chi connectivity index (χ3v) is 3.52. The number of aromatic nitrogens is 1. The number of rotatable bonds is 4. The van der Waals surface area contributed by atoms with Crippen molar-refractivity contribution >= 4 is 0 Å². The monoisotopic (exact) mass is 237 g/mol. The Morgan fingerprint density at radius 1 is 1.53 bits per heavy atom. The number of likely N-dealkylation sites (tertiary alicyclic amines) is 1. The molecule has 1 saturated heterocycles. The van der Waals surface area contributed by atoms with Gasteiger partial charge in [0.25, 0.3) is 0 Å². The summed E-state index contributed by atoms with van der Waals surface area (Å²) in [6, 6.07) is 1.11. The van der Waals surface area contributed by atoms with Gasteiger partial charge in [-0.15, -0.1) is 0 Å². The molecule has 0 saturated carbocycles. The summed E-state index contributed by atoms with van der Waals surface area (Å²) in [5.74, 6) is 1.61. The molecular formula is C13H23N3O. The highest BCUT2D eigenvalue weighted by atomic mass is 16.4. The third kappa shape index (κ3) is 2.87. The minimum Gasteiger partial charge on any atom is -0.444 e. The van der Waals surface area contributed by atoms with Crippen LogP contribution >= 0.6 is 0 Å². The Kier molecular flexibility index (Phi) is 3.84. The lowest BCUT2D eigenvalue weighted by atomic mass is 10.1. The van der Waals surface area contributed by atoms with Crippen molar-refractivity contribution in [3.63, 3.8) is 0 Å². The van der Waals surface area contributed by atoms with Gasteiger partial charge in [0.05, 0.1) is 12.2 Å². The quantitative estimate of drug-likeness (QED) is 0.871. The third-order valence-electron chi connectivity index (χ3n) is 3.52. The molecule has 2 heterocycles. The molecule has 0 aromatic carbocycles. The predicted molar refractivity (Wildman–Crippen MR) is 67.7 cm³/mol. The molecule has 17 heavy (non-hydrogen) atoms. The Morgan fingerprint density at radius 3 is 2.88 bits per heavy atom. The molecule has 2 rings (SSSR count). The summed E-state index contributed by atoms with van der Waals surface area (Å²) in [6.45, 7) is 7.62. The van der Waals surface area contributed by atoms with Gasteiger partial charge in [-0.05, 0) is 40.2 Å². The molecule has 0 aliphatic carbocycles. The second kappa shape index (κ2) is 5.19. The van der Waals surface area contributed by atoms with Gasteiger partial charge in [0.1, 0.15) is 5.76 Å². The zero-order chi connectivity index (χ0) is 12.4. The molecule has 1 fully saturated rings. The molecule has 2 atom stereocenters. The van der Waals surface area contributed by atoms with Crippen molar-refractivity contribution in [2.24, 2.45) is 5.73 Å². The highest BCUT2D eigenvalue weighted by Crippen LogP contribution is 2.23. The molecule has 1 aromatic rings. The van der Waals surface area contributed by atoms with Gasteiger partial charge in [0.2, 0.25) is 0 Å². The lowest BCUT2D eigenvalue weighted by molar-refractivity contribution is 0.194. The van der Waals surface area contributed by atoms with Crippen LogP contribution < -0.4 is 5.73 Å². The molecule has 1 aliphatic rings. The minimum absolute atomic E-state index is 0.0685. The van der Waals surface area contributed by atoms with Crippen LogP contribution in [0.25, 0.3) is 0 Å². The summed E-state index contributed by atoms with van der Waals surface area (Å²) in [4.78, 5) is 6.86. The van der Waals surface area contributed by atoms with Crippen LogP contribution in [0.4, 0.5) is 0 Å². The first-order valence-corrected chi connectivity index (χ1v) is 6.54. The number of nitrogens with zero attached hydrogens (tertiary/aromatic N) is 2. The highest BCUT2D eigenvalue weighted by Gasteiger charge is 2.27. The van der Waals surface area contributed by atoms with Gasteiger partial charge in [-0.3, -0.25) is 4.90 Å². The SMILES string of the molecule is CC(N)c1cnc(CC2CCCN2C(C)C)o1. The molecule has 96 valence electrons. The van der Waals surface area contributed by atoms with Gasteiger partial charge in [-0.1, -0.05) is 0 Å². The number of hydrogen-bond acceptors (Lipinski definition) is 4. The van der Waals surface area contributed by atoms with Crippen molar-refractivity contribution in [1.29, 1.82) is 0 Å². The summed E-state index contributed by atoms with van der Waals surface area (Å²) in [5.41, 5.74) is 5.77. The minimum atomic E-state index is -0.0685. The van der Waals surface area contributed by atoms with Gasteiger partial charge in [-0.25, -0.2) is 4.98 Å². The maximum absolute atomic E-state index is 5.77. The van der Waals surface area contributed by atoms with Crippen LogP contribution in [0.5, 0.6) is 0 Å². The average Bonchev–Trinajstić information content (AvgIpc) is 2.86. The molecular weight excluding hydrogens is 214 g/mol. The number of oxazole rings is 1. The van der Waals surface area contributed by atoms with E-state index in [2.05, 4.69) is 23.7 Å². The van der Waals surface area contributed by atoms with Gasteiger partial charge in [0.15, 0.2) is 5.89 Å². The fourth-order valence-corrected chi connectivity index (χ4v) is 2.59. The number of hydrogen-bond donors (Lipinski definition) is 1. The van der Waals surface area contributed by atoms with Crippen molar-refractivity contribution in [3.8, 4) is 0 Å². The van der Waals surface area contributed by atoms with E-state index in [1.165, 1.54) is 19.4 Å². The maximum Gasteiger partial charge on any atom is 0.196 e. The van der Waals surface area contributed by atoms with Crippen molar-refractivity contribution in [2.45, 2.75) is 58.2 Å². The second-order valence-electron chi connectivity index (χ2n) is 5.28. The zero-order valence-electron chi connectivity index (χ0n) is 11.0. The average molecular weight is 237 g/mol. The van der Waals surface area contributed by atoms with Crippen LogP contribution in [0.15, 0.2) is 10.6 Å². The molecule has 2 N–H and O–H groups in total. The smallest absolute Gasteiger partial charge is 0.196 e. The van der Waals surface area contributed by atoms with Crippen molar-refractivity contribution in [2.75, 3.05) is 6.54 Å². The van der Waals surface area contributed by atoms with E-state index in [0.717, 1.165) is 18.1 Å². The number of nitrogens with two attached hydrogens (primary N) is 1. The van der Waals surface area contributed by atoms with Crippen LogP contribution in [0.1, 0.15) is 51.3 Å². The molecule has 0 radical (unpaired) electrons. The first-order chi connectivity index (χ1) is 8.08. The van der Waals surface area contributed by atoms with E-state index >= 15 is 0 Å². The van der Waals surface area contributed by atoms with E-state index in [1.807, 2.05) is 6.92 Å². The molecule has 0 bridgehead atoms. The Balaban J connectivity index is 1.99. The first-order valence-electron chi connectivity index (χ1n) is 6.54. The molecule has 1 aliphatic heterocycles. The Bertz CT molecular complexity index is 359. The molecule has 4 heteroatoms. The van der Waals surface area contributed by atoms with Crippen LogP contribution in [0, 0.1) is 0 Å². The van der Waals surface area contributed by atoms with Crippen molar-refractivity contribution in [1.82, 2.24) is 9.88 Å². The van der Waals surface area contributed by atoms with Gasteiger partial charge < -0.3 is 10.2 Å². The summed E-state index contributed by atoms with van der Waals surface area (Å²) in [5, 5.41) is 0.